The molecule has 0 unspecified atom stereocenters. The molecular weight excluding hydrogens is 359 g/mol. The van der Waals surface area contributed by atoms with Gasteiger partial charge in [0, 0.05) is 5.38 Å². The molecule has 2 rings (SSSR count). The normalized spacial score (nSPS) is 11.7. The highest BCUT2D eigenvalue weighted by Crippen LogP contribution is 2.32. The number of halogens is 3. The van der Waals surface area contributed by atoms with Crippen molar-refractivity contribution in [3.63, 3.8) is 0 Å². The van der Waals surface area contributed by atoms with Gasteiger partial charge in [0.2, 0.25) is 5.13 Å². The molecule has 6 nitrogen and oxygen atoms in total. The number of aromatic hydroxyl groups is 1. The Balaban J connectivity index is 2.01. The lowest BCUT2D eigenvalue weighted by Gasteiger charge is -2.07. The molecule has 0 saturated heterocycles. The number of aromatic nitrogens is 1. The highest BCUT2D eigenvalue weighted by atomic mass is 32.1. The second kappa shape index (κ2) is 7.97. The number of esters is 1. The monoisotopic (exact) mass is 373 g/mol. The van der Waals surface area contributed by atoms with Gasteiger partial charge in [0.05, 0.1) is 30.5 Å². The van der Waals surface area contributed by atoms with Crippen LogP contribution in [0.15, 0.2) is 28.7 Å². The third-order valence-electron chi connectivity index (χ3n) is 2.82. The Labute approximate surface area is 145 Å². The first-order valence-electron chi connectivity index (χ1n) is 7.08. The number of rotatable bonds is 6. The van der Waals surface area contributed by atoms with E-state index in [1.165, 1.54) is 11.3 Å². The van der Waals surface area contributed by atoms with Gasteiger partial charge in [0.15, 0.2) is 0 Å². The van der Waals surface area contributed by atoms with Crippen LogP contribution < -0.4 is 5.43 Å². The number of thiazole rings is 1. The number of phenols is 1. The van der Waals surface area contributed by atoms with Crippen LogP contribution in [-0.2, 0) is 22.1 Å². The third kappa shape index (κ3) is 5.75. The molecular formula is C15H14F3N3O3S. The van der Waals surface area contributed by atoms with E-state index in [2.05, 4.69) is 15.5 Å². The van der Waals surface area contributed by atoms with Gasteiger partial charge in [-0.1, -0.05) is 0 Å². The molecule has 134 valence electrons. The molecule has 1 aromatic heterocycles. The van der Waals surface area contributed by atoms with E-state index in [4.69, 9.17) is 4.74 Å². The fraction of sp³-hybridized carbons (Fsp3) is 0.267. The maximum absolute atomic E-state index is 12.7. The summed E-state index contributed by atoms with van der Waals surface area (Å²) in [5.41, 5.74) is 2.16. The number of hydrogen-bond acceptors (Lipinski definition) is 7. The van der Waals surface area contributed by atoms with Gasteiger partial charge in [-0.05, 0) is 30.7 Å². The molecule has 0 fully saturated rings. The molecule has 0 atom stereocenters. The third-order valence-corrected chi connectivity index (χ3v) is 3.62. The van der Waals surface area contributed by atoms with Crippen LogP contribution in [0.5, 0.6) is 5.75 Å². The lowest BCUT2D eigenvalue weighted by Crippen LogP contribution is -2.07. The molecule has 2 aromatic rings. The van der Waals surface area contributed by atoms with Crippen molar-refractivity contribution in [2.75, 3.05) is 12.0 Å². The van der Waals surface area contributed by atoms with Gasteiger partial charge in [-0.15, -0.1) is 11.3 Å². The smallest absolute Gasteiger partial charge is 0.416 e. The molecule has 1 heterocycles. The van der Waals surface area contributed by atoms with Crippen molar-refractivity contribution < 1.29 is 27.8 Å². The number of anilines is 1. The van der Waals surface area contributed by atoms with E-state index in [-0.39, 0.29) is 18.6 Å². The molecule has 2 N–H and O–H groups in total. The first-order valence-corrected chi connectivity index (χ1v) is 7.96. The molecule has 25 heavy (non-hydrogen) atoms. The van der Waals surface area contributed by atoms with Crippen molar-refractivity contribution in [2.24, 2.45) is 5.10 Å². The lowest BCUT2D eigenvalue weighted by molar-refractivity contribution is -0.142. The Morgan fingerprint density at radius 1 is 1.44 bits per heavy atom. The molecule has 0 radical (unpaired) electrons. The van der Waals surface area contributed by atoms with E-state index in [9.17, 15) is 23.1 Å². The van der Waals surface area contributed by atoms with Crippen LogP contribution >= 0.6 is 11.3 Å². The highest BCUT2D eigenvalue weighted by molar-refractivity contribution is 7.13. The van der Waals surface area contributed by atoms with Gasteiger partial charge in [-0.3, -0.25) is 10.2 Å². The van der Waals surface area contributed by atoms with Gasteiger partial charge in [0.1, 0.15) is 5.75 Å². The molecule has 1 aromatic carbocycles. The number of carbonyl (C=O) groups excluding carboxylic acids is 1. The number of phenolic OH excluding ortho intramolecular Hbond substituents is 1. The van der Waals surface area contributed by atoms with Gasteiger partial charge in [-0.25, -0.2) is 4.98 Å². The second-order valence-electron chi connectivity index (χ2n) is 4.81. The zero-order valence-corrected chi connectivity index (χ0v) is 13.8. The van der Waals surface area contributed by atoms with E-state index >= 15 is 0 Å². The molecule has 0 saturated carbocycles. The Morgan fingerprint density at radius 3 is 2.88 bits per heavy atom. The minimum absolute atomic E-state index is 0.0250. The summed E-state index contributed by atoms with van der Waals surface area (Å²) >= 11 is 1.18. The van der Waals surface area contributed by atoms with E-state index in [0.717, 1.165) is 18.3 Å². The molecule has 0 aliphatic rings. The zero-order chi connectivity index (χ0) is 18.4. The Kier molecular flexibility index (Phi) is 5.97. The molecule has 0 bridgehead atoms. The number of carbonyl (C=O) groups is 1. The fourth-order valence-electron chi connectivity index (χ4n) is 1.83. The van der Waals surface area contributed by atoms with Gasteiger partial charge >= 0.3 is 12.1 Å². The van der Waals surface area contributed by atoms with Crippen LogP contribution in [-0.4, -0.2) is 28.9 Å². The van der Waals surface area contributed by atoms with Crippen molar-refractivity contribution in [1.29, 1.82) is 0 Å². The number of hydrogen-bond donors (Lipinski definition) is 2. The zero-order valence-electron chi connectivity index (χ0n) is 13.0. The summed E-state index contributed by atoms with van der Waals surface area (Å²) in [6, 6.07) is 2.64. The predicted molar refractivity (Wildman–Crippen MR) is 86.8 cm³/mol. The maximum atomic E-state index is 12.7. The molecule has 10 heteroatoms. The minimum atomic E-state index is -4.56. The number of ether oxygens (including phenoxy) is 1. The van der Waals surface area contributed by atoms with Crippen molar-refractivity contribution in [3.05, 3.63) is 40.4 Å². The average Bonchev–Trinajstić information content (AvgIpc) is 2.93. The van der Waals surface area contributed by atoms with Gasteiger partial charge in [-0.2, -0.15) is 18.3 Å². The number of nitrogens with one attached hydrogen (secondary N) is 1. The van der Waals surface area contributed by atoms with Gasteiger partial charge in [0.25, 0.3) is 0 Å². The minimum Gasteiger partial charge on any atom is -0.508 e. The van der Waals surface area contributed by atoms with Crippen molar-refractivity contribution in [1.82, 2.24) is 4.98 Å². The summed E-state index contributed by atoms with van der Waals surface area (Å²) in [5, 5.41) is 15.2. The highest BCUT2D eigenvalue weighted by Gasteiger charge is 2.31. The largest absolute Gasteiger partial charge is 0.508 e. The van der Waals surface area contributed by atoms with Crippen molar-refractivity contribution >= 4 is 28.7 Å². The maximum Gasteiger partial charge on any atom is 0.416 e. The van der Waals surface area contributed by atoms with E-state index < -0.39 is 23.5 Å². The van der Waals surface area contributed by atoms with E-state index in [1.807, 2.05) is 0 Å². The summed E-state index contributed by atoms with van der Waals surface area (Å²) in [6.45, 7) is 1.98. The topological polar surface area (TPSA) is 83.8 Å². The van der Waals surface area contributed by atoms with Crippen LogP contribution in [0, 0.1) is 0 Å². The quantitative estimate of drug-likeness (QED) is 0.461. The van der Waals surface area contributed by atoms with Crippen LogP contribution in [0.1, 0.15) is 23.7 Å². The van der Waals surface area contributed by atoms with Crippen LogP contribution in [0.25, 0.3) is 0 Å². The van der Waals surface area contributed by atoms with Crippen molar-refractivity contribution in [3.8, 4) is 5.75 Å². The standard InChI is InChI=1S/C15H14F3N3O3S/c1-2-24-13(23)6-11-8-25-14(20-11)21-19-7-9-3-10(15(16,17)18)5-12(22)4-9/h3-5,7-8,22H,2,6H2,1H3,(H,20,21). The Morgan fingerprint density at radius 2 is 2.20 bits per heavy atom. The molecule has 0 aliphatic heterocycles. The van der Waals surface area contributed by atoms with Gasteiger partial charge < -0.3 is 9.84 Å². The molecule has 0 spiro atoms. The average molecular weight is 373 g/mol. The number of nitrogens with zero attached hydrogens (tertiary/aromatic N) is 2. The fourth-order valence-corrected chi connectivity index (χ4v) is 2.49. The van der Waals surface area contributed by atoms with E-state index in [0.29, 0.717) is 16.9 Å². The van der Waals surface area contributed by atoms with Crippen LogP contribution in [0.3, 0.4) is 0 Å². The van der Waals surface area contributed by atoms with Crippen LogP contribution in [0.2, 0.25) is 0 Å². The summed E-state index contributed by atoms with van der Waals surface area (Å²) in [6.07, 6.45) is -3.41. The Hall–Kier alpha value is -2.62. The number of benzene rings is 1. The van der Waals surface area contributed by atoms with E-state index in [1.54, 1.807) is 12.3 Å². The number of alkyl halides is 3. The Bertz CT molecular complexity index is 775. The first-order chi connectivity index (χ1) is 11.8. The molecule has 0 amide bonds. The second-order valence-corrected chi connectivity index (χ2v) is 5.66. The van der Waals surface area contributed by atoms with Crippen LogP contribution in [0.4, 0.5) is 18.3 Å². The summed E-state index contributed by atoms with van der Waals surface area (Å²) in [7, 11) is 0. The summed E-state index contributed by atoms with van der Waals surface area (Å²) < 4.78 is 42.8. The molecule has 0 aliphatic carbocycles. The predicted octanol–water partition coefficient (Wildman–Crippen LogP) is 3.42. The van der Waals surface area contributed by atoms with Crippen molar-refractivity contribution in [2.45, 2.75) is 19.5 Å². The number of hydrazone groups is 1. The first kappa shape index (κ1) is 18.7. The SMILES string of the molecule is CCOC(=O)Cc1csc(NN=Cc2cc(O)cc(C(F)(F)F)c2)n1. The lowest BCUT2D eigenvalue weighted by atomic mass is 10.1. The summed E-state index contributed by atoms with van der Waals surface area (Å²) in [5.74, 6) is -0.912. The summed E-state index contributed by atoms with van der Waals surface area (Å²) in [4.78, 5) is 15.4.